The Hall–Kier alpha value is -4.20. The lowest BCUT2D eigenvalue weighted by Gasteiger charge is -2.13. The zero-order valence-corrected chi connectivity index (χ0v) is 17.9. The molecule has 168 valence electrons. The number of pyridine rings is 1. The summed E-state index contributed by atoms with van der Waals surface area (Å²) in [7, 11) is 3.10. The molecule has 0 aliphatic heterocycles. The first kappa shape index (κ1) is 22.0. The highest BCUT2D eigenvalue weighted by Crippen LogP contribution is 2.37. The van der Waals surface area contributed by atoms with Gasteiger partial charge >= 0.3 is 0 Å². The van der Waals surface area contributed by atoms with E-state index in [1.165, 1.54) is 6.07 Å². The van der Waals surface area contributed by atoms with Gasteiger partial charge in [0, 0.05) is 28.9 Å². The number of anilines is 1. The number of hydrogen-bond acceptors (Lipinski definition) is 5. The summed E-state index contributed by atoms with van der Waals surface area (Å²) in [5.74, 6) is 0.148. The highest BCUT2D eigenvalue weighted by atomic mass is 19.1. The summed E-state index contributed by atoms with van der Waals surface area (Å²) >= 11 is 0. The molecule has 0 spiro atoms. The number of halogens is 2. The van der Waals surface area contributed by atoms with E-state index in [-0.39, 0.29) is 5.56 Å². The van der Waals surface area contributed by atoms with Crippen LogP contribution < -0.4 is 19.5 Å². The van der Waals surface area contributed by atoms with Crippen LogP contribution in [0.15, 0.2) is 66.9 Å². The zero-order valence-electron chi connectivity index (χ0n) is 17.9. The quantitative estimate of drug-likeness (QED) is 0.402. The number of aromatic nitrogens is 1. The third-order valence-corrected chi connectivity index (χ3v) is 4.97. The summed E-state index contributed by atoms with van der Waals surface area (Å²) in [4.78, 5) is 16.6. The Balaban J connectivity index is 1.49. The van der Waals surface area contributed by atoms with Crippen LogP contribution in [0.25, 0.3) is 10.9 Å². The second-order valence-corrected chi connectivity index (χ2v) is 7.09. The van der Waals surface area contributed by atoms with Crippen LogP contribution in [0.3, 0.4) is 0 Å². The molecule has 33 heavy (non-hydrogen) atoms. The van der Waals surface area contributed by atoms with Crippen molar-refractivity contribution in [3.63, 3.8) is 0 Å². The van der Waals surface area contributed by atoms with Crippen molar-refractivity contribution in [1.29, 1.82) is 0 Å². The van der Waals surface area contributed by atoms with Crippen LogP contribution in [-0.2, 0) is 11.2 Å². The van der Waals surface area contributed by atoms with Crippen molar-refractivity contribution in [1.82, 2.24) is 4.98 Å². The van der Waals surface area contributed by atoms with E-state index >= 15 is 0 Å². The number of hydrogen-bond donors (Lipinski definition) is 1. The minimum Gasteiger partial charge on any atom is -0.493 e. The fourth-order valence-corrected chi connectivity index (χ4v) is 3.34. The molecule has 0 saturated carbocycles. The molecule has 1 N–H and O–H groups in total. The van der Waals surface area contributed by atoms with Gasteiger partial charge in [0.1, 0.15) is 23.1 Å². The molecule has 0 aliphatic carbocycles. The molecule has 6 nitrogen and oxygen atoms in total. The van der Waals surface area contributed by atoms with E-state index < -0.39 is 24.0 Å². The number of ether oxygens (including phenoxy) is 3. The summed E-state index contributed by atoms with van der Waals surface area (Å²) in [6.45, 7) is 0. The fourth-order valence-electron chi connectivity index (χ4n) is 3.34. The van der Waals surface area contributed by atoms with Crippen LogP contribution in [0.5, 0.6) is 23.0 Å². The van der Waals surface area contributed by atoms with Gasteiger partial charge in [-0.2, -0.15) is 0 Å². The standard InChI is InChI=1S/C25H20F2N2O4/c1-31-23-12-18-21(14-24(23)32-2)28-11-10-22(18)33-16-8-6-15(7-9-16)29-25(30)13-17-19(26)4-3-5-20(17)27/h3-12,14H,13H2,1-2H3,(H,29,30). The average Bonchev–Trinajstić information content (AvgIpc) is 2.82. The molecular weight excluding hydrogens is 430 g/mol. The van der Waals surface area contributed by atoms with Gasteiger partial charge in [-0.3, -0.25) is 9.78 Å². The summed E-state index contributed by atoms with van der Waals surface area (Å²) < 4.78 is 44.2. The topological polar surface area (TPSA) is 69.7 Å². The van der Waals surface area contributed by atoms with Crippen LogP contribution in [-0.4, -0.2) is 25.1 Å². The molecule has 0 atom stereocenters. The Labute approximate surface area is 188 Å². The summed E-state index contributed by atoms with van der Waals surface area (Å²) in [5.41, 5.74) is 0.871. The van der Waals surface area contributed by atoms with E-state index in [1.807, 2.05) is 0 Å². The Morgan fingerprint density at radius 3 is 2.24 bits per heavy atom. The molecule has 0 saturated heterocycles. The maximum absolute atomic E-state index is 13.8. The van der Waals surface area contributed by atoms with Crippen molar-refractivity contribution in [3.05, 3.63) is 84.1 Å². The van der Waals surface area contributed by atoms with Gasteiger partial charge in [-0.15, -0.1) is 0 Å². The van der Waals surface area contributed by atoms with E-state index in [1.54, 1.807) is 62.9 Å². The number of benzene rings is 3. The van der Waals surface area contributed by atoms with Crippen LogP contribution >= 0.6 is 0 Å². The number of rotatable bonds is 7. The van der Waals surface area contributed by atoms with Crippen molar-refractivity contribution in [2.45, 2.75) is 6.42 Å². The number of carbonyl (C=O) groups is 1. The molecule has 0 unspecified atom stereocenters. The normalized spacial score (nSPS) is 10.7. The molecule has 8 heteroatoms. The van der Waals surface area contributed by atoms with E-state index in [2.05, 4.69) is 10.3 Å². The minimum atomic E-state index is -0.757. The monoisotopic (exact) mass is 450 g/mol. The van der Waals surface area contributed by atoms with Crippen LogP contribution in [0.2, 0.25) is 0 Å². The Morgan fingerprint density at radius 1 is 0.909 bits per heavy atom. The first-order valence-corrected chi connectivity index (χ1v) is 10.00. The second kappa shape index (κ2) is 9.52. The second-order valence-electron chi connectivity index (χ2n) is 7.09. The lowest BCUT2D eigenvalue weighted by atomic mass is 10.1. The van der Waals surface area contributed by atoms with E-state index in [4.69, 9.17) is 14.2 Å². The highest BCUT2D eigenvalue weighted by Gasteiger charge is 2.14. The van der Waals surface area contributed by atoms with Crippen LogP contribution in [0, 0.1) is 11.6 Å². The first-order chi connectivity index (χ1) is 16.0. The summed E-state index contributed by atoms with van der Waals surface area (Å²) in [5, 5.41) is 3.36. The molecule has 0 fully saturated rings. The van der Waals surface area contributed by atoms with Crippen molar-refractivity contribution in [2.24, 2.45) is 0 Å². The number of amides is 1. The van der Waals surface area contributed by atoms with Gasteiger partial charge in [-0.05, 0) is 48.5 Å². The lowest BCUT2D eigenvalue weighted by Crippen LogP contribution is -2.16. The maximum atomic E-state index is 13.8. The predicted octanol–water partition coefficient (Wildman–Crippen LogP) is 5.50. The summed E-state index contributed by atoms with van der Waals surface area (Å²) in [6, 6.07) is 15.4. The fraction of sp³-hybridized carbons (Fsp3) is 0.120. The number of fused-ring (bicyclic) bond motifs is 1. The van der Waals surface area contributed by atoms with Gasteiger partial charge in [0.25, 0.3) is 0 Å². The van der Waals surface area contributed by atoms with Crippen molar-refractivity contribution in [2.75, 3.05) is 19.5 Å². The predicted molar refractivity (Wildman–Crippen MR) is 120 cm³/mol. The van der Waals surface area contributed by atoms with Gasteiger partial charge in [-0.25, -0.2) is 8.78 Å². The van der Waals surface area contributed by atoms with Gasteiger partial charge in [0.05, 0.1) is 26.2 Å². The van der Waals surface area contributed by atoms with Crippen molar-refractivity contribution < 1.29 is 27.8 Å². The van der Waals surface area contributed by atoms with Crippen LogP contribution in [0.4, 0.5) is 14.5 Å². The smallest absolute Gasteiger partial charge is 0.229 e. The molecule has 0 aliphatic rings. The van der Waals surface area contributed by atoms with E-state index in [9.17, 15) is 13.6 Å². The molecule has 0 bridgehead atoms. The Bertz CT molecular complexity index is 1290. The Morgan fingerprint density at radius 2 is 1.58 bits per heavy atom. The first-order valence-electron chi connectivity index (χ1n) is 10.00. The molecule has 4 aromatic rings. The summed E-state index contributed by atoms with van der Waals surface area (Å²) in [6.07, 6.45) is 1.21. The van der Waals surface area contributed by atoms with Gasteiger partial charge in [-0.1, -0.05) is 6.07 Å². The minimum absolute atomic E-state index is 0.272. The van der Waals surface area contributed by atoms with Crippen LogP contribution in [0.1, 0.15) is 5.56 Å². The van der Waals surface area contributed by atoms with Gasteiger partial charge in [0.2, 0.25) is 5.91 Å². The SMILES string of the molecule is COc1cc2nccc(Oc3ccc(NC(=O)Cc4c(F)cccc4F)cc3)c2cc1OC. The van der Waals surface area contributed by atoms with Crippen molar-refractivity contribution >= 4 is 22.5 Å². The molecule has 4 rings (SSSR count). The lowest BCUT2D eigenvalue weighted by molar-refractivity contribution is -0.115. The third kappa shape index (κ3) is 4.85. The molecule has 1 aromatic heterocycles. The van der Waals surface area contributed by atoms with Crippen molar-refractivity contribution in [3.8, 4) is 23.0 Å². The molecule has 1 heterocycles. The average molecular weight is 450 g/mol. The maximum Gasteiger partial charge on any atom is 0.229 e. The number of carbonyl (C=O) groups excluding carboxylic acids is 1. The van der Waals surface area contributed by atoms with E-state index in [0.717, 1.165) is 17.5 Å². The van der Waals surface area contributed by atoms with Gasteiger partial charge in [0.15, 0.2) is 11.5 Å². The molecule has 0 radical (unpaired) electrons. The number of nitrogens with one attached hydrogen (secondary N) is 1. The Kier molecular flexibility index (Phi) is 6.35. The number of nitrogens with zero attached hydrogens (tertiary/aromatic N) is 1. The molecule has 1 amide bonds. The molecular formula is C25H20F2N2O4. The molecule has 3 aromatic carbocycles. The van der Waals surface area contributed by atoms with Gasteiger partial charge < -0.3 is 19.5 Å². The van der Waals surface area contributed by atoms with E-state index in [0.29, 0.717) is 34.2 Å². The largest absolute Gasteiger partial charge is 0.493 e. The highest BCUT2D eigenvalue weighted by molar-refractivity contribution is 5.92. The zero-order chi connectivity index (χ0) is 23.4. The third-order valence-electron chi connectivity index (χ3n) is 4.97. The number of methoxy groups -OCH3 is 2.